The van der Waals surface area contributed by atoms with E-state index in [9.17, 15) is 5.11 Å². The van der Waals surface area contributed by atoms with E-state index < -0.39 is 0 Å². The number of aliphatic hydroxyl groups is 1. The maximum Gasteiger partial charge on any atom is 0.0564 e. The van der Waals surface area contributed by atoms with Gasteiger partial charge >= 0.3 is 0 Å². The number of hydrogen-bond donors (Lipinski definition) is 2. The molecule has 17 heavy (non-hydrogen) atoms. The number of nitrogens with zero attached hydrogens (tertiary/aromatic N) is 1. The van der Waals surface area contributed by atoms with E-state index >= 15 is 0 Å². The highest BCUT2D eigenvalue weighted by molar-refractivity contribution is 4.88. The number of piperidine rings is 1. The molecule has 3 N–H and O–H groups in total. The maximum absolute atomic E-state index is 9.52. The monoisotopic (exact) mass is 240 g/mol. The summed E-state index contributed by atoms with van der Waals surface area (Å²) in [5, 5.41) is 9.52. The molecule has 0 radical (unpaired) electrons. The average molecular weight is 240 g/mol. The van der Waals surface area contributed by atoms with Crippen LogP contribution < -0.4 is 5.73 Å². The van der Waals surface area contributed by atoms with Crippen LogP contribution in [-0.2, 0) is 0 Å². The first-order chi connectivity index (χ1) is 8.06. The highest BCUT2D eigenvalue weighted by Crippen LogP contribution is 2.33. The lowest BCUT2D eigenvalue weighted by Crippen LogP contribution is -2.48. The van der Waals surface area contributed by atoms with Crippen molar-refractivity contribution in [3.8, 4) is 0 Å². The van der Waals surface area contributed by atoms with Crippen molar-refractivity contribution < 1.29 is 5.11 Å². The summed E-state index contributed by atoms with van der Waals surface area (Å²) in [5.41, 5.74) is 6.33. The molecule has 0 aromatic carbocycles. The minimum absolute atomic E-state index is 0.0660. The second-order valence-electron chi connectivity index (χ2n) is 6.41. The molecular weight excluding hydrogens is 212 g/mol. The number of rotatable bonds is 2. The van der Waals surface area contributed by atoms with Crippen molar-refractivity contribution in [3.63, 3.8) is 0 Å². The fourth-order valence-electron chi connectivity index (χ4n) is 3.68. The third-order valence-corrected chi connectivity index (χ3v) is 4.76. The van der Waals surface area contributed by atoms with Crippen LogP contribution in [0.5, 0.6) is 0 Å². The Kier molecular flexibility index (Phi) is 4.45. The van der Waals surface area contributed by atoms with E-state index in [-0.39, 0.29) is 6.10 Å². The average Bonchev–Trinajstić information content (AvgIpc) is 2.26. The van der Waals surface area contributed by atoms with Gasteiger partial charge in [-0.1, -0.05) is 13.8 Å². The van der Waals surface area contributed by atoms with Gasteiger partial charge in [-0.15, -0.1) is 0 Å². The molecule has 0 aromatic rings. The molecule has 4 unspecified atom stereocenters. The Balaban J connectivity index is 1.85. The Bertz CT molecular complexity index is 226. The van der Waals surface area contributed by atoms with E-state index in [0.29, 0.717) is 12.0 Å². The lowest BCUT2D eigenvalue weighted by atomic mass is 9.72. The molecule has 1 aliphatic heterocycles. The molecule has 4 atom stereocenters. The van der Waals surface area contributed by atoms with Crippen molar-refractivity contribution in [2.75, 3.05) is 19.6 Å². The standard InChI is InChI=1S/C14H28N2O/c1-10-7-11(2)13(14(15)8-10)9-16-5-3-12(17)4-6-16/h10-14,17H,3-9,15H2,1-2H3. The summed E-state index contributed by atoms with van der Waals surface area (Å²) in [6.07, 6.45) is 4.32. The van der Waals surface area contributed by atoms with E-state index in [2.05, 4.69) is 18.7 Å². The lowest BCUT2D eigenvalue weighted by Gasteiger charge is -2.41. The van der Waals surface area contributed by atoms with Gasteiger partial charge in [0, 0.05) is 25.7 Å². The van der Waals surface area contributed by atoms with Gasteiger partial charge in [-0.05, 0) is 43.4 Å². The van der Waals surface area contributed by atoms with Gasteiger partial charge in [0.2, 0.25) is 0 Å². The van der Waals surface area contributed by atoms with Crippen LogP contribution in [0.2, 0.25) is 0 Å². The molecular formula is C14H28N2O. The van der Waals surface area contributed by atoms with Crippen molar-refractivity contribution in [2.24, 2.45) is 23.5 Å². The van der Waals surface area contributed by atoms with Gasteiger partial charge in [0.1, 0.15) is 0 Å². The molecule has 0 amide bonds. The van der Waals surface area contributed by atoms with Crippen molar-refractivity contribution in [3.05, 3.63) is 0 Å². The minimum atomic E-state index is -0.0660. The fourth-order valence-corrected chi connectivity index (χ4v) is 3.68. The molecule has 2 aliphatic rings. The van der Waals surface area contributed by atoms with Gasteiger partial charge in [-0.3, -0.25) is 0 Å². The van der Waals surface area contributed by atoms with Crippen LogP contribution in [0.3, 0.4) is 0 Å². The summed E-state index contributed by atoms with van der Waals surface area (Å²) in [7, 11) is 0. The van der Waals surface area contributed by atoms with E-state index in [1.165, 1.54) is 12.8 Å². The molecule has 3 heteroatoms. The van der Waals surface area contributed by atoms with Crippen LogP contribution in [0.4, 0.5) is 0 Å². The molecule has 0 spiro atoms. The molecule has 100 valence electrons. The van der Waals surface area contributed by atoms with E-state index in [0.717, 1.165) is 44.3 Å². The fraction of sp³-hybridized carbons (Fsp3) is 1.00. The normalized spacial score (nSPS) is 41.6. The molecule has 1 aliphatic carbocycles. The van der Waals surface area contributed by atoms with Crippen LogP contribution in [0.25, 0.3) is 0 Å². The number of nitrogens with two attached hydrogens (primary N) is 1. The summed E-state index contributed by atoms with van der Waals surface area (Å²) >= 11 is 0. The second kappa shape index (κ2) is 5.68. The van der Waals surface area contributed by atoms with Crippen LogP contribution >= 0.6 is 0 Å². The Morgan fingerprint density at radius 2 is 1.82 bits per heavy atom. The molecule has 2 rings (SSSR count). The number of hydrogen-bond acceptors (Lipinski definition) is 3. The zero-order valence-corrected chi connectivity index (χ0v) is 11.3. The first-order valence-corrected chi connectivity index (χ1v) is 7.22. The summed E-state index contributed by atoms with van der Waals surface area (Å²) in [6.45, 7) is 7.92. The van der Waals surface area contributed by atoms with Gasteiger partial charge in [-0.2, -0.15) is 0 Å². The highest BCUT2D eigenvalue weighted by Gasteiger charge is 2.33. The molecule has 0 bridgehead atoms. The minimum Gasteiger partial charge on any atom is -0.393 e. The summed E-state index contributed by atoms with van der Waals surface area (Å²) in [5.74, 6) is 2.20. The maximum atomic E-state index is 9.52. The summed E-state index contributed by atoms with van der Waals surface area (Å²) in [6, 6.07) is 0.376. The number of likely N-dealkylation sites (tertiary alicyclic amines) is 1. The van der Waals surface area contributed by atoms with Crippen LogP contribution in [0.15, 0.2) is 0 Å². The Morgan fingerprint density at radius 3 is 2.41 bits per heavy atom. The highest BCUT2D eigenvalue weighted by atomic mass is 16.3. The quantitative estimate of drug-likeness (QED) is 0.768. The van der Waals surface area contributed by atoms with Crippen molar-refractivity contribution >= 4 is 0 Å². The third-order valence-electron chi connectivity index (χ3n) is 4.76. The lowest BCUT2D eigenvalue weighted by molar-refractivity contribution is 0.0545. The van der Waals surface area contributed by atoms with E-state index in [1.807, 2.05) is 0 Å². The van der Waals surface area contributed by atoms with E-state index in [4.69, 9.17) is 5.73 Å². The largest absolute Gasteiger partial charge is 0.393 e. The third kappa shape index (κ3) is 3.43. The first kappa shape index (κ1) is 13.3. The summed E-state index contributed by atoms with van der Waals surface area (Å²) < 4.78 is 0. The zero-order valence-electron chi connectivity index (χ0n) is 11.3. The van der Waals surface area contributed by atoms with Crippen molar-refractivity contribution in [1.29, 1.82) is 0 Å². The molecule has 1 heterocycles. The van der Waals surface area contributed by atoms with Crippen molar-refractivity contribution in [1.82, 2.24) is 4.90 Å². The summed E-state index contributed by atoms with van der Waals surface area (Å²) in [4.78, 5) is 2.50. The molecule has 1 saturated heterocycles. The van der Waals surface area contributed by atoms with Gasteiger partial charge < -0.3 is 15.7 Å². The van der Waals surface area contributed by atoms with Gasteiger partial charge in [0.15, 0.2) is 0 Å². The Labute approximate surface area is 105 Å². The molecule has 2 fully saturated rings. The first-order valence-electron chi connectivity index (χ1n) is 7.22. The number of aliphatic hydroxyl groups excluding tert-OH is 1. The molecule has 3 nitrogen and oxygen atoms in total. The van der Waals surface area contributed by atoms with Crippen LogP contribution in [0, 0.1) is 17.8 Å². The SMILES string of the molecule is CC1CC(C)C(CN2CCC(O)CC2)C(N)C1. The van der Waals surface area contributed by atoms with E-state index in [1.54, 1.807) is 0 Å². The topological polar surface area (TPSA) is 49.5 Å². The van der Waals surface area contributed by atoms with Gasteiger partial charge in [0.05, 0.1) is 6.10 Å². The van der Waals surface area contributed by atoms with Gasteiger partial charge in [0.25, 0.3) is 0 Å². The molecule has 1 saturated carbocycles. The second-order valence-corrected chi connectivity index (χ2v) is 6.41. The zero-order chi connectivity index (χ0) is 12.4. The predicted molar refractivity (Wildman–Crippen MR) is 70.7 cm³/mol. The van der Waals surface area contributed by atoms with Crippen LogP contribution in [0.1, 0.15) is 39.5 Å². The van der Waals surface area contributed by atoms with Crippen LogP contribution in [-0.4, -0.2) is 41.8 Å². The van der Waals surface area contributed by atoms with Crippen molar-refractivity contribution in [2.45, 2.75) is 51.7 Å². The Morgan fingerprint density at radius 1 is 1.18 bits per heavy atom. The van der Waals surface area contributed by atoms with Gasteiger partial charge in [-0.25, -0.2) is 0 Å². The Hall–Kier alpha value is -0.120. The smallest absolute Gasteiger partial charge is 0.0564 e. The molecule has 0 aromatic heterocycles. The predicted octanol–water partition coefficient (Wildman–Crippen LogP) is 1.45.